The highest BCUT2D eigenvalue weighted by Gasteiger charge is 2.51. The average molecular weight is 1670 g/mol. The molecule has 5 heterocycles. The Kier molecular flexibility index (Phi) is 47.6. The Balaban J connectivity index is 0.000000313. The highest BCUT2D eigenvalue weighted by atomic mass is 31.1. The number of nitrogens with one attached hydrogen (secondary N) is 1. The van der Waals surface area contributed by atoms with Crippen molar-refractivity contribution in [2.75, 3.05) is 32.8 Å². The molecule has 0 radical (unpaired) electrons. The van der Waals surface area contributed by atoms with Gasteiger partial charge in [0.05, 0.1) is 34.3 Å². The Morgan fingerprint density at radius 1 is 0.453 bits per heavy atom. The van der Waals surface area contributed by atoms with Gasteiger partial charge in [-0.3, -0.25) is 24.8 Å². The van der Waals surface area contributed by atoms with Crippen LogP contribution in [0.5, 0.6) is 11.5 Å². The van der Waals surface area contributed by atoms with E-state index in [0.717, 1.165) is 0 Å². The minimum absolute atomic E-state index is 0.0118. The first-order valence-electron chi connectivity index (χ1n) is 26.9. The fraction of sp³-hybridized carbons (Fsp3) is 0.721. The first-order valence-corrected chi connectivity index (χ1v) is 35.1. The fourth-order valence-electron chi connectivity index (χ4n) is 9.49. The zero-order valence-electron chi connectivity index (χ0n) is 49.6. The van der Waals surface area contributed by atoms with Gasteiger partial charge in [-0.15, -0.1) is 6.54 Å². The summed E-state index contributed by atoms with van der Waals surface area (Å²) in [5.41, 5.74) is 6.81. The molecule has 542 valence electrons. The van der Waals surface area contributed by atoms with Gasteiger partial charge in [-0.05, 0) is 31.2 Å². The lowest BCUT2D eigenvalue weighted by Gasteiger charge is -2.44. The number of nitro groups is 2. The summed E-state index contributed by atoms with van der Waals surface area (Å²) in [6.07, 6.45) is -15.3. The molecule has 95 heavy (non-hydrogen) atoms. The SMILES string of the molecule is CC1OC(CN=[P-])C(OP)C(OP)C1P=O.O=[N+]([O-])c1ccc(OC2OC(CN=[P-])C(OP)C(OP)C2OP)cc1.OCC1OC(OP)C(OP)C(OP)C1OP.[NH-]CC1OC(Oc2ccc([N+](=O)[O-])cc2)C(O)C(O)C1O.[P-]=NCC1OC(OP)C(OP)C(OP)C1OP. The molecule has 0 saturated carbocycles. The lowest BCUT2D eigenvalue weighted by Crippen LogP contribution is -2.60. The summed E-state index contributed by atoms with van der Waals surface area (Å²) in [4.78, 5) is 20.2. The van der Waals surface area contributed by atoms with Crippen LogP contribution in [0.15, 0.2) is 62.8 Å². The van der Waals surface area contributed by atoms with E-state index in [9.17, 15) is 45.2 Å². The van der Waals surface area contributed by atoms with Crippen LogP contribution in [0.25, 0.3) is 5.73 Å². The molecule has 0 spiro atoms. The molecule has 38 unspecified atom stereocenters. The Bertz CT molecular complexity index is 2540. The van der Waals surface area contributed by atoms with Crippen LogP contribution in [0.1, 0.15) is 6.92 Å². The number of aliphatic hydroxyl groups excluding tert-OH is 4. The molecule has 5 aliphatic heterocycles. The van der Waals surface area contributed by atoms with Crippen molar-refractivity contribution in [3.63, 3.8) is 0 Å². The van der Waals surface area contributed by atoms with Crippen molar-refractivity contribution in [3.05, 3.63) is 74.5 Å². The van der Waals surface area contributed by atoms with Crippen molar-refractivity contribution in [2.24, 2.45) is 14.2 Å². The quantitative estimate of drug-likeness (QED) is 0.0391. The second-order valence-electron chi connectivity index (χ2n) is 19.6. The number of aliphatic hydroxyl groups is 4. The zero-order valence-corrected chi connectivity index (χ0v) is 68.2. The normalized spacial score (nSPS) is 35.1. The van der Waals surface area contributed by atoms with Crippen LogP contribution >= 0.6 is 159 Å². The molecule has 7 rings (SSSR count). The van der Waals surface area contributed by atoms with Gasteiger partial charge in [-0.1, -0.05) is 0 Å². The van der Waals surface area contributed by atoms with E-state index < -0.39 is 114 Å². The topological polar surface area (TPSA) is 430 Å². The summed E-state index contributed by atoms with van der Waals surface area (Å²) in [5.74, 6) is 0.578. The summed E-state index contributed by atoms with van der Waals surface area (Å²) in [6.45, 7) is 2.36. The second-order valence-corrected chi connectivity index (χ2v) is 24.8. The Morgan fingerprint density at radius 3 is 1.09 bits per heavy atom. The minimum Gasteiger partial charge on any atom is -0.675 e. The van der Waals surface area contributed by atoms with E-state index in [1.165, 1.54) is 48.5 Å². The summed E-state index contributed by atoms with van der Waals surface area (Å²) in [6, 6.07) is 10.7. The number of benzene rings is 2. The van der Waals surface area contributed by atoms with E-state index in [0.29, 0.717) is 18.8 Å². The fourth-order valence-corrected chi connectivity index (χ4v) is 14.6. The van der Waals surface area contributed by atoms with Crippen molar-refractivity contribution < 1.29 is 127 Å². The van der Waals surface area contributed by atoms with Crippen molar-refractivity contribution in [1.29, 1.82) is 0 Å². The predicted octanol–water partition coefficient (Wildman–Crippen LogP) is 6.70. The average Bonchev–Trinajstić information content (AvgIpc) is 0.920. The van der Waals surface area contributed by atoms with Gasteiger partial charge >= 0.3 is 0 Å². The van der Waals surface area contributed by atoms with Gasteiger partial charge in [0.15, 0.2) is 27.1 Å². The van der Waals surface area contributed by atoms with Crippen LogP contribution in [0.4, 0.5) is 11.4 Å². The maximum absolute atomic E-state index is 11.1. The molecular weight excluding hydrogens is 1590 g/mol. The number of non-ortho nitro benzene ring substituents is 2. The van der Waals surface area contributed by atoms with Crippen molar-refractivity contribution in [3.8, 4) is 11.5 Å². The highest BCUT2D eigenvalue weighted by Crippen LogP contribution is 2.38. The van der Waals surface area contributed by atoms with E-state index in [4.69, 9.17) is 97.7 Å². The van der Waals surface area contributed by atoms with Crippen LogP contribution in [0.3, 0.4) is 0 Å². The third-order valence-electron chi connectivity index (χ3n) is 14.2. The molecule has 2 aromatic carbocycles. The Morgan fingerprint density at radius 2 is 0.768 bits per heavy atom. The standard InChI is InChI=1S/C12H17N2O7P4.C12H15N2O7.C7H14NO4P4.C6H15NO5P5.C6H16O6P4/c15-14(16)6-1-3-7(4-2-6)17-12-11(21-25)10(20-24)9(19-23)8(18-12)5-13-22;13-5-8-9(15)10(16)11(17)12(21-8)20-7-3-1-6(2-4-7)14(18)19;1-3-7(16-9)6(12-15)5(11-14)4(10-3)2-8-13;13-7-1-2-3(9-14)4(10-15)5(11-16)6(8-2)12-17;7-1-2-3(9-13)4(10-14)5(11-15)6(8-2)12-16/h1-4,8-12H,5,23-25H2;1-4,8-13,15-17H,5H2;3-7H,2,14-15H2,1H3;2-6H,1,14-17H2;2-7H,1,13-16H2/q4*-1;. The smallest absolute Gasteiger partial charge is 0.269 e. The summed E-state index contributed by atoms with van der Waals surface area (Å²) in [5, 5.41) is 59.5. The number of hydrogen-bond acceptors (Lipinski definition) is 32. The monoisotopic (exact) mass is 1670 g/mol. The van der Waals surface area contributed by atoms with E-state index in [-0.39, 0.29) is 93.7 Å². The largest absolute Gasteiger partial charge is 0.675 e. The van der Waals surface area contributed by atoms with E-state index >= 15 is 0 Å². The molecule has 0 aromatic heterocycles. The van der Waals surface area contributed by atoms with Gasteiger partial charge in [0.1, 0.15) is 115 Å². The minimum atomic E-state index is -1.50. The first kappa shape index (κ1) is 91.1. The predicted molar refractivity (Wildman–Crippen MR) is 387 cm³/mol. The van der Waals surface area contributed by atoms with Crippen molar-refractivity contribution in [2.45, 2.75) is 160 Å². The van der Waals surface area contributed by atoms with Gasteiger partial charge in [0.25, 0.3) is 11.4 Å². The Labute approximate surface area is 586 Å². The molecule has 35 nitrogen and oxygen atoms in total. The van der Waals surface area contributed by atoms with Crippen LogP contribution in [0, 0.1) is 20.2 Å². The third kappa shape index (κ3) is 26.4. The molecule has 52 heteroatoms. The zero-order chi connectivity index (χ0) is 71.1. The highest BCUT2D eigenvalue weighted by molar-refractivity contribution is 7.25. The molecule has 0 bridgehead atoms. The van der Waals surface area contributed by atoms with Crippen LogP contribution in [-0.4, -0.2) is 216 Å². The molecule has 5 N–H and O–H groups in total. The third-order valence-corrected chi connectivity index (χ3v) is 19.7. The second kappa shape index (κ2) is 49.7. The first-order chi connectivity index (χ1) is 45.6. The van der Waals surface area contributed by atoms with Gasteiger partial charge in [0, 0.05) is 167 Å². The van der Waals surface area contributed by atoms with Crippen LogP contribution in [0.2, 0.25) is 0 Å². The molecular formula is C43H77N6O29P17-4. The van der Waals surface area contributed by atoms with Crippen molar-refractivity contribution >= 4 is 170 Å². The molecule has 0 amide bonds. The van der Waals surface area contributed by atoms with E-state index in [2.05, 4.69) is 164 Å². The molecule has 5 aliphatic rings. The van der Waals surface area contributed by atoms with E-state index in [1.807, 2.05) is 6.92 Å². The molecule has 2 aromatic rings. The lowest BCUT2D eigenvalue weighted by molar-refractivity contribution is -0.385. The van der Waals surface area contributed by atoms with Gasteiger partial charge in [-0.25, -0.2) is 0 Å². The summed E-state index contributed by atoms with van der Waals surface area (Å²) >= 11 is 0. The number of hydrogen-bond donors (Lipinski definition) is 4. The van der Waals surface area contributed by atoms with Gasteiger partial charge in [-0.2, -0.15) is 0 Å². The number of nitrogens with zero attached hydrogens (tertiary/aromatic N) is 5. The number of rotatable bonds is 28. The summed E-state index contributed by atoms with van der Waals surface area (Å²) in [7, 11) is 39.6. The van der Waals surface area contributed by atoms with Crippen molar-refractivity contribution in [1.82, 2.24) is 0 Å². The summed E-state index contributed by atoms with van der Waals surface area (Å²) < 4.78 is 130. The lowest BCUT2D eigenvalue weighted by atomic mass is 9.98. The Hall–Kier alpha value is 1.91. The molecule has 5 saturated heterocycles. The van der Waals surface area contributed by atoms with Gasteiger partial charge in [0.2, 0.25) is 12.6 Å². The maximum atomic E-state index is 11.1. The van der Waals surface area contributed by atoms with Crippen LogP contribution in [-0.2, 0) is 87.1 Å². The molecule has 5 fully saturated rings. The van der Waals surface area contributed by atoms with E-state index in [1.54, 1.807) is 0 Å². The van der Waals surface area contributed by atoms with Crippen LogP contribution < -0.4 is 9.47 Å². The molecule has 38 atom stereocenters. The maximum Gasteiger partial charge on any atom is 0.269 e. The van der Waals surface area contributed by atoms with Gasteiger partial charge < -0.3 is 159 Å². The number of nitro benzene ring substituents is 2. The molecule has 0 aliphatic carbocycles. The number of ether oxygens (including phenoxy) is 7.